The maximum atomic E-state index is 12.3. The van der Waals surface area contributed by atoms with E-state index in [9.17, 15) is 13.2 Å². The Balaban J connectivity index is 2.30. The van der Waals surface area contributed by atoms with Gasteiger partial charge in [-0.1, -0.05) is 0 Å². The summed E-state index contributed by atoms with van der Waals surface area (Å²) in [6.45, 7) is 1.72. The molecule has 0 spiro atoms. The van der Waals surface area contributed by atoms with Crippen LogP contribution < -0.4 is 4.90 Å². The minimum absolute atomic E-state index is 0.400. The van der Waals surface area contributed by atoms with Crippen molar-refractivity contribution >= 4 is 21.7 Å². The topological polar surface area (TPSA) is 16.1 Å². The van der Waals surface area contributed by atoms with E-state index < -0.39 is 11.7 Å². The molecule has 0 atom stereocenters. The van der Waals surface area contributed by atoms with Crippen LogP contribution in [0.3, 0.4) is 0 Å². The zero-order valence-electron chi connectivity index (χ0n) is 7.68. The summed E-state index contributed by atoms with van der Waals surface area (Å²) in [5, 5.41) is 0. The second kappa shape index (κ2) is 3.66. The van der Waals surface area contributed by atoms with Gasteiger partial charge in [-0.2, -0.15) is 13.2 Å². The van der Waals surface area contributed by atoms with Gasteiger partial charge in [0.25, 0.3) is 0 Å². The van der Waals surface area contributed by atoms with Gasteiger partial charge in [0.1, 0.15) is 5.82 Å². The van der Waals surface area contributed by atoms with E-state index in [-0.39, 0.29) is 0 Å². The number of nitrogens with zero attached hydrogens (tertiary/aromatic N) is 2. The Labute approximate surface area is 93.2 Å². The van der Waals surface area contributed by atoms with E-state index in [2.05, 4.69) is 20.9 Å². The van der Waals surface area contributed by atoms with Crippen molar-refractivity contribution in [1.29, 1.82) is 0 Å². The summed E-state index contributed by atoms with van der Waals surface area (Å²) in [6, 6.07) is 1.07. The summed E-state index contributed by atoms with van der Waals surface area (Å²) >= 11 is 3.11. The normalized spacial score (nSPS) is 16.4. The molecule has 1 aliphatic heterocycles. The van der Waals surface area contributed by atoms with Crippen molar-refractivity contribution in [3.05, 3.63) is 22.3 Å². The third-order valence-electron chi connectivity index (χ3n) is 2.30. The van der Waals surface area contributed by atoms with Crippen LogP contribution in [0.2, 0.25) is 0 Å². The largest absolute Gasteiger partial charge is 0.417 e. The second-order valence-corrected chi connectivity index (χ2v) is 4.22. The van der Waals surface area contributed by atoms with Gasteiger partial charge in [0.2, 0.25) is 0 Å². The van der Waals surface area contributed by atoms with Crippen LogP contribution in [0.4, 0.5) is 19.0 Å². The molecule has 0 saturated carbocycles. The molecule has 0 unspecified atom stereocenters. The summed E-state index contributed by atoms with van der Waals surface area (Å²) in [4.78, 5) is 5.76. The van der Waals surface area contributed by atoms with Crippen LogP contribution in [-0.2, 0) is 6.18 Å². The standard InChI is InChI=1S/C9H8BrF3N2/c10-7-4-6(9(11,12)13)5-14-8(7)15-2-1-3-15/h4-5H,1-3H2. The number of hydrogen-bond donors (Lipinski definition) is 0. The van der Waals surface area contributed by atoms with E-state index in [4.69, 9.17) is 0 Å². The highest BCUT2D eigenvalue weighted by molar-refractivity contribution is 9.10. The fourth-order valence-corrected chi connectivity index (χ4v) is 1.95. The van der Waals surface area contributed by atoms with E-state index in [0.29, 0.717) is 10.3 Å². The lowest BCUT2D eigenvalue weighted by Gasteiger charge is -2.32. The van der Waals surface area contributed by atoms with Gasteiger partial charge in [0.15, 0.2) is 0 Å². The van der Waals surface area contributed by atoms with Crippen LogP contribution in [-0.4, -0.2) is 18.1 Å². The minimum Gasteiger partial charge on any atom is -0.356 e. The Hall–Kier alpha value is -0.780. The lowest BCUT2D eigenvalue weighted by atomic mass is 10.2. The van der Waals surface area contributed by atoms with E-state index >= 15 is 0 Å². The predicted molar refractivity (Wildman–Crippen MR) is 53.8 cm³/mol. The van der Waals surface area contributed by atoms with Crippen LogP contribution in [0, 0.1) is 0 Å². The number of rotatable bonds is 1. The van der Waals surface area contributed by atoms with Gasteiger partial charge in [-0.05, 0) is 28.4 Å². The van der Waals surface area contributed by atoms with Crippen molar-refractivity contribution in [2.75, 3.05) is 18.0 Å². The minimum atomic E-state index is -4.33. The monoisotopic (exact) mass is 280 g/mol. The van der Waals surface area contributed by atoms with Crippen molar-refractivity contribution in [3.8, 4) is 0 Å². The molecule has 0 N–H and O–H groups in total. The SMILES string of the molecule is FC(F)(F)c1cnc(N2CCC2)c(Br)c1. The zero-order valence-corrected chi connectivity index (χ0v) is 9.27. The molecule has 1 fully saturated rings. The van der Waals surface area contributed by atoms with Gasteiger partial charge in [-0.3, -0.25) is 0 Å². The quantitative estimate of drug-likeness (QED) is 0.786. The van der Waals surface area contributed by atoms with E-state index in [1.165, 1.54) is 0 Å². The van der Waals surface area contributed by atoms with Gasteiger partial charge >= 0.3 is 6.18 Å². The fraction of sp³-hybridized carbons (Fsp3) is 0.444. The molecule has 0 aliphatic carbocycles. The Bertz CT molecular complexity index is 374. The lowest BCUT2D eigenvalue weighted by Crippen LogP contribution is -2.37. The third kappa shape index (κ3) is 2.09. The smallest absolute Gasteiger partial charge is 0.356 e. The van der Waals surface area contributed by atoms with Crippen molar-refractivity contribution < 1.29 is 13.2 Å². The second-order valence-electron chi connectivity index (χ2n) is 3.37. The van der Waals surface area contributed by atoms with E-state index in [1.54, 1.807) is 0 Å². The molecule has 1 saturated heterocycles. The number of pyridine rings is 1. The molecular weight excluding hydrogens is 273 g/mol. The van der Waals surface area contributed by atoms with Gasteiger partial charge in [-0.25, -0.2) is 4.98 Å². The molecule has 1 aromatic heterocycles. The number of aromatic nitrogens is 1. The zero-order chi connectivity index (χ0) is 11.1. The van der Waals surface area contributed by atoms with Crippen LogP contribution in [0.15, 0.2) is 16.7 Å². The summed E-state index contributed by atoms with van der Waals surface area (Å²) in [5.74, 6) is 0.592. The molecule has 0 radical (unpaired) electrons. The average Bonchev–Trinajstić information content (AvgIpc) is 2.03. The van der Waals surface area contributed by atoms with Crippen molar-refractivity contribution in [2.45, 2.75) is 12.6 Å². The third-order valence-corrected chi connectivity index (χ3v) is 2.89. The van der Waals surface area contributed by atoms with Crippen LogP contribution in [0.1, 0.15) is 12.0 Å². The number of hydrogen-bond acceptors (Lipinski definition) is 2. The number of halogens is 4. The Morgan fingerprint density at radius 1 is 1.33 bits per heavy atom. The van der Waals surface area contributed by atoms with E-state index in [1.807, 2.05) is 4.90 Å². The van der Waals surface area contributed by atoms with Crippen molar-refractivity contribution in [1.82, 2.24) is 4.98 Å². The highest BCUT2D eigenvalue weighted by Gasteiger charge is 2.32. The Kier molecular flexibility index (Phi) is 2.62. The molecule has 2 nitrogen and oxygen atoms in total. The Morgan fingerprint density at radius 2 is 2.00 bits per heavy atom. The maximum Gasteiger partial charge on any atom is 0.417 e. The first-order valence-corrected chi connectivity index (χ1v) is 5.25. The first-order chi connectivity index (χ1) is 6.98. The average molecular weight is 281 g/mol. The lowest BCUT2D eigenvalue weighted by molar-refractivity contribution is -0.137. The van der Waals surface area contributed by atoms with Crippen LogP contribution in [0.25, 0.3) is 0 Å². The fourth-order valence-electron chi connectivity index (χ4n) is 1.35. The Morgan fingerprint density at radius 3 is 2.40 bits per heavy atom. The van der Waals surface area contributed by atoms with Crippen LogP contribution in [0.5, 0.6) is 0 Å². The molecule has 1 aromatic rings. The van der Waals surface area contributed by atoms with Crippen molar-refractivity contribution in [2.24, 2.45) is 0 Å². The molecule has 0 bridgehead atoms. The molecule has 2 rings (SSSR count). The molecule has 0 aromatic carbocycles. The summed E-state index contributed by atoms with van der Waals surface area (Å²) < 4.78 is 37.4. The number of alkyl halides is 3. The summed E-state index contributed by atoms with van der Waals surface area (Å²) in [5.41, 5.74) is -0.723. The van der Waals surface area contributed by atoms with Crippen LogP contribution >= 0.6 is 15.9 Å². The molecule has 82 valence electrons. The maximum absolute atomic E-state index is 12.3. The molecule has 15 heavy (non-hydrogen) atoms. The summed E-state index contributed by atoms with van der Waals surface area (Å²) in [6.07, 6.45) is -2.39. The summed E-state index contributed by atoms with van der Waals surface area (Å²) in [7, 11) is 0. The van der Waals surface area contributed by atoms with Gasteiger partial charge in [0.05, 0.1) is 10.0 Å². The van der Waals surface area contributed by atoms with Crippen molar-refractivity contribution in [3.63, 3.8) is 0 Å². The molecule has 1 aliphatic rings. The van der Waals surface area contributed by atoms with Gasteiger partial charge in [0, 0.05) is 19.3 Å². The molecule has 2 heterocycles. The molecule has 0 amide bonds. The predicted octanol–water partition coefficient (Wildman–Crippen LogP) is 3.07. The van der Waals surface area contributed by atoms with Gasteiger partial charge < -0.3 is 4.90 Å². The molecule has 6 heteroatoms. The highest BCUT2D eigenvalue weighted by atomic mass is 79.9. The van der Waals surface area contributed by atoms with E-state index in [0.717, 1.165) is 31.8 Å². The van der Waals surface area contributed by atoms with Gasteiger partial charge in [-0.15, -0.1) is 0 Å². The highest BCUT2D eigenvalue weighted by Crippen LogP contribution is 2.34. The molecular formula is C9H8BrF3N2. The first kappa shape index (κ1) is 10.7. The number of anilines is 1. The first-order valence-electron chi connectivity index (χ1n) is 4.46.